The van der Waals surface area contributed by atoms with Crippen LogP contribution < -0.4 is 0 Å². The zero-order chi connectivity index (χ0) is 12.5. The second-order valence-corrected chi connectivity index (χ2v) is 4.48. The van der Waals surface area contributed by atoms with E-state index in [-0.39, 0.29) is 12.6 Å². The van der Waals surface area contributed by atoms with Crippen molar-refractivity contribution in [2.75, 3.05) is 6.61 Å². The highest BCUT2D eigenvalue weighted by molar-refractivity contribution is 5.91. The van der Waals surface area contributed by atoms with E-state index in [2.05, 4.69) is 0 Å². The molecule has 0 aromatic heterocycles. The number of rotatable bonds is 2. The Labute approximate surface area is 100 Å². The average Bonchev–Trinajstić information content (AvgIpc) is 2.58. The summed E-state index contributed by atoms with van der Waals surface area (Å²) in [6.45, 7) is 5.71. The molecule has 17 heavy (non-hydrogen) atoms. The quantitative estimate of drug-likeness (QED) is 0.739. The van der Waals surface area contributed by atoms with Crippen LogP contribution in [-0.4, -0.2) is 24.7 Å². The predicted molar refractivity (Wildman–Crippen MR) is 61.5 cm³/mol. The molecule has 1 aliphatic rings. The van der Waals surface area contributed by atoms with Crippen LogP contribution in [0.4, 0.5) is 0 Å². The van der Waals surface area contributed by atoms with Gasteiger partial charge in [0, 0.05) is 0 Å². The first-order valence-corrected chi connectivity index (χ1v) is 5.56. The van der Waals surface area contributed by atoms with Crippen LogP contribution in [0.3, 0.4) is 0 Å². The van der Waals surface area contributed by atoms with Gasteiger partial charge in [-0.15, -0.1) is 0 Å². The van der Waals surface area contributed by atoms with Gasteiger partial charge in [-0.2, -0.15) is 0 Å². The molecule has 4 nitrogen and oxygen atoms in total. The van der Waals surface area contributed by atoms with E-state index in [0.717, 1.165) is 5.56 Å². The second-order valence-electron chi connectivity index (χ2n) is 4.48. The lowest BCUT2D eigenvalue weighted by atomic mass is 10.1. The number of carbonyl (C=O) groups excluding carboxylic acids is 1. The molecule has 0 bridgehead atoms. The van der Waals surface area contributed by atoms with Crippen LogP contribution >= 0.6 is 0 Å². The highest BCUT2D eigenvalue weighted by Gasteiger charge is 2.35. The third kappa shape index (κ3) is 2.84. The lowest BCUT2D eigenvalue weighted by Crippen LogP contribution is -2.25. The molecule has 1 heterocycles. The standard InChI is InChI=1S/C13H16O4/c1-9-6-4-5-7-10(9)12(14)16-11-8-15-13(2,3)17-11/h4-7,11H,8H2,1-3H3. The van der Waals surface area contributed by atoms with Gasteiger partial charge >= 0.3 is 5.97 Å². The molecule has 0 aliphatic carbocycles. The molecule has 2 rings (SSSR count). The van der Waals surface area contributed by atoms with Gasteiger partial charge in [-0.1, -0.05) is 18.2 Å². The molecule has 1 saturated heterocycles. The Balaban J connectivity index is 2.01. The molecule has 92 valence electrons. The molecular formula is C13H16O4. The van der Waals surface area contributed by atoms with Gasteiger partial charge in [0.05, 0.1) is 5.56 Å². The van der Waals surface area contributed by atoms with Gasteiger partial charge in [-0.25, -0.2) is 4.79 Å². The molecule has 0 saturated carbocycles. The van der Waals surface area contributed by atoms with Crippen LogP contribution in [0.1, 0.15) is 29.8 Å². The van der Waals surface area contributed by atoms with Crippen molar-refractivity contribution in [3.8, 4) is 0 Å². The summed E-state index contributed by atoms with van der Waals surface area (Å²) in [5.41, 5.74) is 1.44. The van der Waals surface area contributed by atoms with E-state index in [9.17, 15) is 4.79 Å². The molecule has 1 fully saturated rings. The minimum atomic E-state index is -0.684. The molecular weight excluding hydrogens is 220 g/mol. The van der Waals surface area contributed by atoms with Crippen molar-refractivity contribution in [3.63, 3.8) is 0 Å². The maximum Gasteiger partial charge on any atom is 0.340 e. The smallest absolute Gasteiger partial charge is 0.340 e. The third-order valence-corrected chi connectivity index (χ3v) is 2.59. The summed E-state index contributed by atoms with van der Waals surface area (Å²) in [6, 6.07) is 7.29. The molecule has 1 aliphatic heterocycles. The first-order valence-electron chi connectivity index (χ1n) is 5.56. The van der Waals surface area contributed by atoms with Gasteiger partial charge in [0.2, 0.25) is 6.29 Å². The Kier molecular flexibility index (Phi) is 3.17. The maximum absolute atomic E-state index is 11.9. The lowest BCUT2D eigenvalue weighted by molar-refractivity contribution is -0.175. The summed E-state index contributed by atoms with van der Waals surface area (Å²) in [7, 11) is 0. The predicted octanol–water partition coefficient (Wildman–Crippen LogP) is 2.26. The van der Waals surface area contributed by atoms with Crippen molar-refractivity contribution in [3.05, 3.63) is 35.4 Å². The average molecular weight is 236 g/mol. The molecule has 1 aromatic carbocycles. The summed E-state index contributed by atoms with van der Waals surface area (Å²) < 4.78 is 16.0. The van der Waals surface area contributed by atoms with E-state index in [4.69, 9.17) is 14.2 Å². The van der Waals surface area contributed by atoms with Gasteiger partial charge in [0.25, 0.3) is 0 Å². The number of hydrogen-bond acceptors (Lipinski definition) is 4. The Morgan fingerprint density at radius 1 is 1.41 bits per heavy atom. The van der Waals surface area contributed by atoms with Gasteiger partial charge in [-0.3, -0.25) is 0 Å². The van der Waals surface area contributed by atoms with E-state index in [0.29, 0.717) is 5.56 Å². The fourth-order valence-corrected chi connectivity index (χ4v) is 1.70. The summed E-state index contributed by atoms with van der Waals surface area (Å²) in [4.78, 5) is 11.9. The van der Waals surface area contributed by atoms with Crippen LogP contribution in [0.5, 0.6) is 0 Å². The highest BCUT2D eigenvalue weighted by Crippen LogP contribution is 2.23. The van der Waals surface area contributed by atoms with Crippen molar-refractivity contribution in [2.45, 2.75) is 32.8 Å². The van der Waals surface area contributed by atoms with E-state index in [1.165, 1.54) is 0 Å². The van der Waals surface area contributed by atoms with Crippen molar-refractivity contribution >= 4 is 5.97 Å². The minimum Gasteiger partial charge on any atom is -0.429 e. The lowest BCUT2D eigenvalue weighted by Gasteiger charge is -2.17. The van der Waals surface area contributed by atoms with Crippen molar-refractivity contribution in [2.24, 2.45) is 0 Å². The molecule has 1 atom stereocenters. The molecule has 4 heteroatoms. The van der Waals surface area contributed by atoms with E-state index in [1.807, 2.05) is 19.1 Å². The van der Waals surface area contributed by atoms with E-state index >= 15 is 0 Å². The molecule has 0 spiro atoms. The van der Waals surface area contributed by atoms with Crippen molar-refractivity contribution in [1.82, 2.24) is 0 Å². The van der Waals surface area contributed by atoms with Gasteiger partial charge in [0.1, 0.15) is 6.61 Å². The largest absolute Gasteiger partial charge is 0.429 e. The first-order chi connectivity index (χ1) is 7.98. The number of esters is 1. The monoisotopic (exact) mass is 236 g/mol. The number of ether oxygens (including phenoxy) is 3. The van der Waals surface area contributed by atoms with Crippen LogP contribution in [0, 0.1) is 6.92 Å². The van der Waals surface area contributed by atoms with Crippen LogP contribution in [0.2, 0.25) is 0 Å². The summed E-state index contributed by atoms with van der Waals surface area (Å²) in [6.07, 6.45) is -0.628. The zero-order valence-corrected chi connectivity index (χ0v) is 10.2. The van der Waals surface area contributed by atoms with Crippen molar-refractivity contribution in [1.29, 1.82) is 0 Å². The van der Waals surface area contributed by atoms with Crippen LogP contribution in [-0.2, 0) is 14.2 Å². The summed E-state index contributed by atoms with van der Waals surface area (Å²) in [5.74, 6) is -1.06. The summed E-state index contributed by atoms with van der Waals surface area (Å²) >= 11 is 0. The molecule has 0 N–H and O–H groups in total. The van der Waals surface area contributed by atoms with E-state index in [1.54, 1.807) is 26.0 Å². The fourth-order valence-electron chi connectivity index (χ4n) is 1.70. The normalized spacial score (nSPS) is 22.4. The molecule has 1 unspecified atom stereocenters. The topological polar surface area (TPSA) is 44.8 Å². The molecule has 0 amide bonds. The number of benzene rings is 1. The Bertz CT molecular complexity index is 425. The second kappa shape index (κ2) is 4.47. The number of carbonyl (C=O) groups is 1. The minimum absolute atomic E-state index is 0.268. The number of aryl methyl sites for hydroxylation is 1. The Morgan fingerprint density at radius 3 is 2.71 bits per heavy atom. The Hall–Kier alpha value is -1.39. The summed E-state index contributed by atoms with van der Waals surface area (Å²) in [5, 5.41) is 0. The van der Waals surface area contributed by atoms with Gasteiger partial charge < -0.3 is 14.2 Å². The van der Waals surface area contributed by atoms with Crippen LogP contribution in [0.25, 0.3) is 0 Å². The maximum atomic E-state index is 11.9. The number of hydrogen-bond donors (Lipinski definition) is 0. The van der Waals surface area contributed by atoms with E-state index < -0.39 is 12.1 Å². The highest BCUT2D eigenvalue weighted by atomic mass is 16.8. The van der Waals surface area contributed by atoms with Crippen LogP contribution in [0.15, 0.2) is 24.3 Å². The van der Waals surface area contributed by atoms with Gasteiger partial charge in [0.15, 0.2) is 5.79 Å². The molecule has 1 aromatic rings. The Morgan fingerprint density at radius 2 is 2.12 bits per heavy atom. The SMILES string of the molecule is Cc1ccccc1C(=O)OC1COC(C)(C)O1. The van der Waals surface area contributed by atoms with Crippen molar-refractivity contribution < 1.29 is 19.0 Å². The first kappa shape index (κ1) is 12.1. The third-order valence-electron chi connectivity index (χ3n) is 2.59. The van der Waals surface area contributed by atoms with Gasteiger partial charge in [-0.05, 0) is 32.4 Å². The fraction of sp³-hybridized carbons (Fsp3) is 0.462. The molecule has 0 radical (unpaired) electrons. The zero-order valence-electron chi connectivity index (χ0n) is 10.2.